The molecular weight excluding hydrogens is 310 g/mol. The Kier molecular flexibility index (Phi) is 3.43. The minimum Gasteiger partial charge on any atom is -0.497 e. The van der Waals surface area contributed by atoms with Crippen molar-refractivity contribution in [3.8, 4) is 5.75 Å². The minimum atomic E-state index is -0.875. The molecule has 126 valence electrons. The van der Waals surface area contributed by atoms with Gasteiger partial charge >= 0.3 is 0 Å². The van der Waals surface area contributed by atoms with Crippen molar-refractivity contribution < 1.29 is 18.6 Å². The summed E-state index contributed by atoms with van der Waals surface area (Å²) < 4.78 is 32.0. The lowest BCUT2D eigenvalue weighted by atomic mass is 9.32. The second-order valence-electron chi connectivity index (χ2n) is 7.42. The summed E-state index contributed by atoms with van der Waals surface area (Å²) in [5.74, 6) is -0.436. The summed E-state index contributed by atoms with van der Waals surface area (Å²) in [5.41, 5.74) is 1.82. The van der Waals surface area contributed by atoms with Crippen LogP contribution in [0.1, 0.15) is 42.9 Å². The van der Waals surface area contributed by atoms with Crippen molar-refractivity contribution in [3.63, 3.8) is 0 Å². The van der Waals surface area contributed by atoms with Gasteiger partial charge in [-0.25, -0.2) is 8.78 Å². The standard InChI is InChI=1S/C20H20F2O2/c1-24-15-5-2-13(3-6-15)20-10-19(11-20,12-20)9-18(23)16-7-4-14(21)8-17(16)22/h2-8,18,23H,9-12H2,1H3. The molecule has 0 aliphatic heterocycles. The fourth-order valence-electron chi connectivity index (χ4n) is 4.76. The summed E-state index contributed by atoms with van der Waals surface area (Å²) in [4.78, 5) is 0. The second kappa shape index (κ2) is 5.28. The summed E-state index contributed by atoms with van der Waals surface area (Å²) in [6.07, 6.45) is 2.72. The third-order valence-electron chi connectivity index (χ3n) is 5.79. The fourth-order valence-corrected chi connectivity index (χ4v) is 4.76. The molecule has 24 heavy (non-hydrogen) atoms. The van der Waals surface area contributed by atoms with Crippen LogP contribution in [0.15, 0.2) is 42.5 Å². The van der Waals surface area contributed by atoms with Crippen LogP contribution in [0.4, 0.5) is 8.78 Å². The average molecular weight is 330 g/mol. The first-order valence-corrected chi connectivity index (χ1v) is 8.23. The smallest absolute Gasteiger partial charge is 0.131 e. The Morgan fingerprint density at radius 3 is 2.33 bits per heavy atom. The van der Waals surface area contributed by atoms with Crippen molar-refractivity contribution in [2.45, 2.75) is 37.2 Å². The zero-order valence-electron chi connectivity index (χ0n) is 13.6. The van der Waals surface area contributed by atoms with Gasteiger partial charge in [0, 0.05) is 11.6 Å². The van der Waals surface area contributed by atoms with E-state index in [1.54, 1.807) is 7.11 Å². The summed E-state index contributed by atoms with van der Waals surface area (Å²) in [6, 6.07) is 11.5. The Balaban J connectivity index is 1.42. The summed E-state index contributed by atoms with van der Waals surface area (Å²) in [5, 5.41) is 10.4. The molecule has 1 N–H and O–H groups in total. The summed E-state index contributed by atoms with van der Waals surface area (Å²) >= 11 is 0. The maximum absolute atomic E-state index is 13.8. The van der Waals surface area contributed by atoms with E-state index in [0.717, 1.165) is 31.1 Å². The lowest BCUT2D eigenvalue weighted by Gasteiger charge is -2.72. The van der Waals surface area contributed by atoms with Crippen molar-refractivity contribution in [2.24, 2.45) is 5.41 Å². The van der Waals surface area contributed by atoms with Crippen molar-refractivity contribution in [2.75, 3.05) is 7.11 Å². The SMILES string of the molecule is COc1ccc(C23CC(CC(O)c4ccc(F)cc4F)(C2)C3)cc1. The first-order valence-electron chi connectivity index (χ1n) is 8.23. The molecule has 2 aromatic rings. The number of aliphatic hydroxyl groups is 1. The van der Waals surface area contributed by atoms with Crippen molar-refractivity contribution in [1.29, 1.82) is 0 Å². The topological polar surface area (TPSA) is 29.5 Å². The predicted molar refractivity (Wildman–Crippen MR) is 86.9 cm³/mol. The van der Waals surface area contributed by atoms with Crippen LogP contribution in [0.2, 0.25) is 0 Å². The van der Waals surface area contributed by atoms with Crippen LogP contribution in [0.5, 0.6) is 5.75 Å². The predicted octanol–water partition coefficient (Wildman–Crippen LogP) is 4.52. The molecule has 2 aromatic carbocycles. The van der Waals surface area contributed by atoms with Crippen LogP contribution in [0.3, 0.4) is 0 Å². The summed E-state index contributed by atoms with van der Waals surface area (Å²) in [7, 11) is 1.65. The molecule has 2 bridgehead atoms. The molecule has 2 nitrogen and oxygen atoms in total. The van der Waals surface area contributed by atoms with Crippen LogP contribution in [-0.2, 0) is 5.41 Å². The highest BCUT2D eigenvalue weighted by Gasteiger charge is 2.68. The van der Waals surface area contributed by atoms with Crippen molar-refractivity contribution in [3.05, 3.63) is 65.2 Å². The van der Waals surface area contributed by atoms with E-state index in [0.29, 0.717) is 6.42 Å². The van der Waals surface area contributed by atoms with E-state index < -0.39 is 17.7 Å². The monoisotopic (exact) mass is 330 g/mol. The Morgan fingerprint density at radius 2 is 1.75 bits per heavy atom. The van der Waals surface area contributed by atoms with Crippen LogP contribution in [-0.4, -0.2) is 12.2 Å². The van der Waals surface area contributed by atoms with Crippen LogP contribution < -0.4 is 4.74 Å². The maximum Gasteiger partial charge on any atom is 0.131 e. The van der Waals surface area contributed by atoms with Crippen molar-refractivity contribution >= 4 is 0 Å². The van der Waals surface area contributed by atoms with Gasteiger partial charge in [0.2, 0.25) is 0 Å². The molecule has 3 fully saturated rings. The molecule has 4 heteroatoms. The van der Waals surface area contributed by atoms with Crippen LogP contribution in [0.25, 0.3) is 0 Å². The fraction of sp³-hybridized carbons (Fsp3) is 0.400. The lowest BCUT2D eigenvalue weighted by Crippen LogP contribution is -2.64. The number of hydrogen-bond acceptors (Lipinski definition) is 2. The average Bonchev–Trinajstić information content (AvgIpc) is 2.49. The molecular formula is C20H20F2O2. The number of ether oxygens (including phenoxy) is 1. The molecule has 0 amide bonds. The van der Waals surface area contributed by atoms with E-state index >= 15 is 0 Å². The number of rotatable bonds is 5. The Labute approximate surface area is 140 Å². The molecule has 5 rings (SSSR count). The molecule has 3 aliphatic rings. The van der Waals surface area contributed by atoms with Gasteiger partial charge in [0.05, 0.1) is 13.2 Å². The first kappa shape index (κ1) is 15.6. The van der Waals surface area contributed by atoms with E-state index in [4.69, 9.17) is 4.74 Å². The molecule has 0 spiro atoms. The summed E-state index contributed by atoms with van der Waals surface area (Å²) in [6.45, 7) is 0. The van der Waals surface area contributed by atoms with Crippen LogP contribution in [0, 0.1) is 17.0 Å². The van der Waals surface area contributed by atoms with Gasteiger partial charge in [0.1, 0.15) is 17.4 Å². The largest absolute Gasteiger partial charge is 0.497 e. The highest BCUT2D eigenvalue weighted by Crippen LogP contribution is 2.75. The highest BCUT2D eigenvalue weighted by molar-refractivity contribution is 5.41. The third kappa shape index (κ3) is 2.32. The molecule has 0 aromatic heterocycles. The molecule has 0 saturated heterocycles. The molecule has 3 saturated carbocycles. The van der Waals surface area contributed by atoms with E-state index in [-0.39, 0.29) is 16.4 Å². The minimum absolute atomic E-state index is 0.0974. The Morgan fingerprint density at radius 1 is 1.08 bits per heavy atom. The molecule has 3 aliphatic carbocycles. The van der Waals surface area contributed by atoms with Gasteiger partial charge in [-0.15, -0.1) is 0 Å². The van der Waals surface area contributed by atoms with Gasteiger partial charge in [0.15, 0.2) is 0 Å². The van der Waals surface area contributed by atoms with E-state index in [1.165, 1.54) is 17.7 Å². The van der Waals surface area contributed by atoms with Gasteiger partial charge in [-0.1, -0.05) is 18.2 Å². The number of halogens is 2. The Hall–Kier alpha value is -1.94. The van der Waals surface area contributed by atoms with Gasteiger partial charge < -0.3 is 9.84 Å². The number of benzene rings is 2. The zero-order chi connectivity index (χ0) is 16.9. The first-order chi connectivity index (χ1) is 11.5. The molecule has 0 heterocycles. The molecule has 1 atom stereocenters. The lowest BCUT2D eigenvalue weighted by molar-refractivity contribution is -0.163. The number of methoxy groups -OCH3 is 1. The van der Waals surface area contributed by atoms with Crippen molar-refractivity contribution in [1.82, 2.24) is 0 Å². The molecule has 0 radical (unpaired) electrons. The highest BCUT2D eigenvalue weighted by atomic mass is 19.1. The second-order valence-corrected chi connectivity index (χ2v) is 7.42. The number of hydrogen-bond donors (Lipinski definition) is 1. The van der Waals surface area contributed by atoms with Gasteiger partial charge in [-0.3, -0.25) is 0 Å². The van der Waals surface area contributed by atoms with Crippen LogP contribution >= 0.6 is 0 Å². The molecule has 1 unspecified atom stereocenters. The quantitative estimate of drug-likeness (QED) is 0.873. The zero-order valence-corrected chi connectivity index (χ0v) is 13.6. The number of aliphatic hydroxyl groups excluding tert-OH is 1. The van der Waals surface area contributed by atoms with Gasteiger partial charge in [0.25, 0.3) is 0 Å². The van der Waals surface area contributed by atoms with Gasteiger partial charge in [-0.2, -0.15) is 0 Å². The Bertz CT molecular complexity index is 750. The normalized spacial score (nSPS) is 28.7. The van der Waals surface area contributed by atoms with Gasteiger partial charge in [-0.05, 0) is 60.3 Å². The third-order valence-corrected chi connectivity index (χ3v) is 5.79. The van der Waals surface area contributed by atoms with E-state index in [9.17, 15) is 13.9 Å². The van der Waals surface area contributed by atoms with E-state index in [1.807, 2.05) is 12.1 Å². The maximum atomic E-state index is 13.8. The van der Waals surface area contributed by atoms with E-state index in [2.05, 4.69) is 12.1 Å².